The Balaban J connectivity index is 2.25. The summed E-state index contributed by atoms with van der Waals surface area (Å²) in [5, 5.41) is 8.45. The van der Waals surface area contributed by atoms with E-state index >= 15 is 0 Å². The monoisotopic (exact) mass is 265 g/mol. The lowest BCUT2D eigenvalue weighted by Crippen LogP contribution is -2.20. The molecule has 0 radical (unpaired) electrons. The van der Waals surface area contributed by atoms with Gasteiger partial charge in [-0.25, -0.2) is 15.4 Å². The molecule has 19 heavy (non-hydrogen) atoms. The van der Waals surface area contributed by atoms with Crippen LogP contribution in [0.3, 0.4) is 0 Å². The number of carbonyl (C=O) groups is 1. The van der Waals surface area contributed by atoms with Crippen LogP contribution < -0.4 is 10.2 Å². The first-order chi connectivity index (χ1) is 9.11. The van der Waals surface area contributed by atoms with Gasteiger partial charge >= 0.3 is 0 Å². The molecule has 0 aliphatic rings. The summed E-state index contributed by atoms with van der Waals surface area (Å²) in [5.74, 6) is -0.0417. The van der Waals surface area contributed by atoms with Gasteiger partial charge in [-0.15, -0.1) is 0 Å². The van der Waals surface area contributed by atoms with Crippen molar-refractivity contribution >= 4 is 17.1 Å². The third-order valence-electron chi connectivity index (χ3n) is 2.42. The van der Waals surface area contributed by atoms with Gasteiger partial charge in [0, 0.05) is 13.0 Å². The Kier molecular flexibility index (Phi) is 3.91. The van der Waals surface area contributed by atoms with E-state index in [9.17, 15) is 4.79 Å². The minimum atomic E-state index is -0.463. The first-order valence-electron chi connectivity index (χ1n) is 5.87. The van der Waals surface area contributed by atoms with Crippen LogP contribution in [0, 0.1) is 0 Å². The molecule has 2 aromatic rings. The summed E-state index contributed by atoms with van der Waals surface area (Å²) in [6.45, 7) is 4.16. The fourth-order valence-corrected chi connectivity index (χ4v) is 1.61. The zero-order chi connectivity index (χ0) is 13.8. The Bertz CT molecular complexity index is 581. The highest BCUT2D eigenvalue weighted by molar-refractivity contribution is 5.77. The van der Waals surface area contributed by atoms with E-state index in [1.807, 2.05) is 13.8 Å². The standard InChI is InChI=1S/C11H15N5O3/c1-7(2)19-11-9-10(12-5-13-11)16(6-14-9)4-3-8(17)15-18/h5-7,18H,3-4H2,1-2H3,(H,15,17). The number of ether oxygens (including phenoxy) is 1. The van der Waals surface area contributed by atoms with E-state index in [1.165, 1.54) is 6.33 Å². The van der Waals surface area contributed by atoms with Crippen LogP contribution in [0.15, 0.2) is 12.7 Å². The first-order valence-corrected chi connectivity index (χ1v) is 5.87. The zero-order valence-corrected chi connectivity index (χ0v) is 10.7. The van der Waals surface area contributed by atoms with Crippen molar-refractivity contribution in [1.29, 1.82) is 0 Å². The van der Waals surface area contributed by atoms with Crippen LogP contribution in [0.1, 0.15) is 20.3 Å². The number of fused-ring (bicyclic) bond motifs is 1. The van der Waals surface area contributed by atoms with Gasteiger partial charge in [0.15, 0.2) is 11.2 Å². The molecule has 0 fully saturated rings. The maximum absolute atomic E-state index is 11.0. The average molecular weight is 265 g/mol. The van der Waals surface area contributed by atoms with Crippen molar-refractivity contribution in [3.05, 3.63) is 12.7 Å². The Hall–Kier alpha value is -2.22. The van der Waals surface area contributed by atoms with Crippen LogP contribution in [-0.4, -0.2) is 36.7 Å². The molecule has 2 aromatic heterocycles. The Labute approximate surface area is 109 Å². The van der Waals surface area contributed by atoms with Crippen LogP contribution in [0.2, 0.25) is 0 Å². The summed E-state index contributed by atoms with van der Waals surface area (Å²) in [7, 11) is 0. The number of imidazole rings is 1. The summed E-state index contributed by atoms with van der Waals surface area (Å²) in [6.07, 6.45) is 3.08. The minimum Gasteiger partial charge on any atom is -0.473 e. The van der Waals surface area contributed by atoms with E-state index in [2.05, 4.69) is 15.0 Å². The van der Waals surface area contributed by atoms with Crippen molar-refractivity contribution in [2.45, 2.75) is 32.9 Å². The molecule has 0 saturated heterocycles. The second-order valence-electron chi connectivity index (χ2n) is 4.24. The molecular weight excluding hydrogens is 250 g/mol. The highest BCUT2D eigenvalue weighted by atomic mass is 16.5. The van der Waals surface area contributed by atoms with E-state index in [4.69, 9.17) is 9.94 Å². The Morgan fingerprint density at radius 3 is 2.95 bits per heavy atom. The number of aromatic nitrogens is 4. The number of nitrogens with zero attached hydrogens (tertiary/aromatic N) is 4. The number of hydrogen-bond acceptors (Lipinski definition) is 6. The molecule has 102 valence electrons. The number of carbonyl (C=O) groups excluding carboxylic acids is 1. The number of hydroxylamine groups is 1. The molecular formula is C11H15N5O3. The fourth-order valence-electron chi connectivity index (χ4n) is 1.61. The van der Waals surface area contributed by atoms with E-state index in [0.29, 0.717) is 23.6 Å². The topological polar surface area (TPSA) is 102 Å². The third kappa shape index (κ3) is 2.97. The van der Waals surface area contributed by atoms with Gasteiger partial charge in [0.25, 0.3) is 0 Å². The van der Waals surface area contributed by atoms with Crippen LogP contribution in [0.4, 0.5) is 0 Å². The highest BCUT2D eigenvalue weighted by Gasteiger charge is 2.12. The number of hydrogen-bond donors (Lipinski definition) is 2. The van der Waals surface area contributed by atoms with Gasteiger partial charge in [0.05, 0.1) is 12.4 Å². The lowest BCUT2D eigenvalue weighted by atomic mass is 10.4. The maximum atomic E-state index is 11.0. The van der Waals surface area contributed by atoms with E-state index in [-0.39, 0.29) is 12.5 Å². The minimum absolute atomic E-state index is 0.0107. The molecule has 8 nitrogen and oxygen atoms in total. The van der Waals surface area contributed by atoms with Gasteiger partial charge in [0.2, 0.25) is 11.8 Å². The van der Waals surface area contributed by atoms with Crippen LogP contribution >= 0.6 is 0 Å². The SMILES string of the molecule is CC(C)Oc1ncnc2c1ncn2CCC(=O)NO. The lowest BCUT2D eigenvalue weighted by Gasteiger charge is -2.08. The van der Waals surface area contributed by atoms with Gasteiger partial charge in [-0.3, -0.25) is 10.0 Å². The summed E-state index contributed by atoms with van der Waals surface area (Å²) < 4.78 is 7.25. The molecule has 0 spiro atoms. The van der Waals surface area contributed by atoms with Gasteiger partial charge < -0.3 is 9.30 Å². The van der Waals surface area contributed by atoms with E-state index in [0.717, 1.165) is 0 Å². The summed E-state index contributed by atoms with van der Waals surface area (Å²) in [6, 6.07) is 0. The van der Waals surface area contributed by atoms with Gasteiger partial charge in [-0.1, -0.05) is 0 Å². The van der Waals surface area contributed by atoms with E-state index in [1.54, 1.807) is 16.4 Å². The normalized spacial score (nSPS) is 10.9. The molecule has 1 amide bonds. The Morgan fingerprint density at radius 2 is 2.26 bits per heavy atom. The lowest BCUT2D eigenvalue weighted by molar-refractivity contribution is -0.129. The van der Waals surface area contributed by atoms with Gasteiger partial charge in [-0.2, -0.15) is 4.98 Å². The summed E-state index contributed by atoms with van der Waals surface area (Å²) in [4.78, 5) is 23.4. The smallest absolute Gasteiger partial charge is 0.245 e. The zero-order valence-electron chi connectivity index (χ0n) is 10.7. The largest absolute Gasteiger partial charge is 0.473 e. The number of rotatable bonds is 5. The van der Waals surface area contributed by atoms with Crippen molar-refractivity contribution in [2.75, 3.05) is 0 Å². The molecule has 0 atom stereocenters. The van der Waals surface area contributed by atoms with Crippen molar-refractivity contribution in [3.63, 3.8) is 0 Å². The molecule has 2 N–H and O–H groups in total. The molecule has 2 rings (SSSR count). The van der Waals surface area contributed by atoms with Gasteiger partial charge in [-0.05, 0) is 13.8 Å². The molecule has 0 aliphatic carbocycles. The predicted octanol–water partition coefficient (Wildman–Crippen LogP) is 0.509. The predicted molar refractivity (Wildman–Crippen MR) is 65.6 cm³/mol. The number of nitrogens with one attached hydrogen (secondary N) is 1. The van der Waals surface area contributed by atoms with Crippen molar-refractivity contribution < 1.29 is 14.7 Å². The van der Waals surface area contributed by atoms with Crippen molar-refractivity contribution in [2.24, 2.45) is 0 Å². The highest BCUT2D eigenvalue weighted by Crippen LogP contribution is 2.20. The van der Waals surface area contributed by atoms with Crippen LogP contribution in [0.25, 0.3) is 11.2 Å². The molecule has 0 aromatic carbocycles. The third-order valence-corrected chi connectivity index (χ3v) is 2.42. The number of amides is 1. The molecule has 0 bridgehead atoms. The molecule has 0 unspecified atom stereocenters. The van der Waals surface area contributed by atoms with Crippen molar-refractivity contribution in [1.82, 2.24) is 25.0 Å². The van der Waals surface area contributed by atoms with E-state index < -0.39 is 5.91 Å². The first kappa shape index (κ1) is 13.2. The molecule has 0 saturated carbocycles. The van der Waals surface area contributed by atoms with Crippen LogP contribution in [-0.2, 0) is 11.3 Å². The van der Waals surface area contributed by atoms with Gasteiger partial charge in [0.1, 0.15) is 6.33 Å². The maximum Gasteiger partial charge on any atom is 0.245 e. The molecule has 2 heterocycles. The second kappa shape index (κ2) is 5.61. The average Bonchev–Trinajstić information content (AvgIpc) is 2.79. The van der Waals surface area contributed by atoms with Crippen molar-refractivity contribution in [3.8, 4) is 5.88 Å². The summed E-state index contributed by atoms with van der Waals surface area (Å²) in [5.41, 5.74) is 2.73. The molecule has 8 heteroatoms. The summed E-state index contributed by atoms with van der Waals surface area (Å²) >= 11 is 0. The fraction of sp³-hybridized carbons (Fsp3) is 0.455. The number of aryl methyl sites for hydroxylation is 1. The second-order valence-corrected chi connectivity index (χ2v) is 4.24. The Morgan fingerprint density at radius 1 is 1.47 bits per heavy atom. The molecule has 0 aliphatic heterocycles. The van der Waals surface area contributed by atoms with Crippen LogP contribution in [0.5, 0.6) is 5.88 Å². The quantitative estimate of drug-likeness (QED) is 0.603.